The quantitative estimate of drug-likeness (QED) is 0.357. The van der Waals surface area contributed by atoms with Crippen molar-refractivity contribution in [1.29, 1.82) is 0 Å². The highest BCUT2D eigenvalue weighted by Gasteiger charge is 2.11. The van der Waals surface area contributed by atoms with Gasteiger partial charge in [-0.05, 0) is 0 Å². The predicted octanol–water partition coefficient (Wildman–Crippen LogP) is 0.991. The van der Waals surface area contributed by atoms with Crippen molar-refractivity contribution in [2.24, 2.45) is 0 Å². The summed E-state index contributed by atoms with van der Waals surface area (Å²) >= 11 is 10.4. The molecule has 0 aliphatic heterocycles. The number of halogens is 2. The molecule has 0 aromatic carbocycles. The Morgan fingerprint density at radius 2 is 2.22 bits per heavy atom. The molecule has 0 amide bonds. The molecular weight excluding hydrogens is 163 g/mol. The van der Waals surface area contributed by atoms with Crippen molar-refractivity contribution in [2.45, 2.75) is 11.8 Å². The molecule has 0 aliphatic carbocycles. The first-order valence-corrected chi connectivity index (χ1v) is 3.37. The molecule has 0 saturated carbocycles. The fraction of sp³-hybridized carbons (Fsp3) is 0.600. The van der Waals surface area contributed by atoms with Gasteiger partial charge < -0.3 is 4.79 Å². The summed E-state index contributed by atoms with van der Waals surface area (Å²) in [4.78, 5) is 20.4. The van der Waals surface area contributed by atoms with Crippen LogP contribution >= 0.6 is 23.2 Å². The van der Waals surface area contributed by atoms with Crippen LogP contribution in [0.3, 0.4) is 0 Å². The van der Waals surface area contributed by atoms with E-state index < -0.39 is 5.38 Å². The minimum Gasteiger partial charge on any atom is -0.301 e. The number of Topliss-reactive ketones (excluding diaryl/α,β-unsaturated/α-hetero) is 1. The summed E-state index contributed by atoms with van der Waals surface area (Å²) in [5.41, 5.74) is 0. The molecule has 0 heterocycles. The second-order valence-corrected chi connectivity index (χ2v) is 2.29. The Kier molecular flexibility index (Phi) is 4.72. The molecule has 52 valence electrons. The Balaban J connectivity index is 3.58. The fourth-order valence-electron chi connectivity index (χ4n) is 0.307. The number of carbonyl (C=O) groups is 2. The average molecular weight is 169 g/mol. The second kappa shape index (κ2) is 4.77. The van der Waals surface area contributed by atoms with Crippen LogP contribution in [-0.4, -0.2) is 23.3 Å². The molecule has 9 heavy (non-hydrogen) atoms. The van der Waals surface area contributed by atoms with E-state index in [0.29, 0.717) is 6.29 Å². The van der Waals surface area contributed by atoms with E-state index in [1.54, 1.807) is 0 Å². The predicted molar refractivity (Wildman–Crippen MR) is 36.0 cm³/mol. The number of hydrogen-bond acceptors (Lipinski definition) is 2. The van der Waals surface area contributed by atoms with Gasteiger partial charge in [0.05, 0.1) is 0 Å². The maximum atomic E-state index is 10.5. The zero-order valence-electron chi connectivity index (χ0n) is 4.64. The molecule has 0 aromatic rings. The second-order valence-electron chi connectivity index (χ2n) is 1.44. The van der Waals surface area contributed by atoms with Gasteiger partial charge in [0.1, 0.15) is 11.7 Å². The molecule has 0 rings (SSSR count). The van der Waals surface area contributed by atoms with Gasteiger partial charge in [0.25, 0.3) is 0 Å². The molecule has 2 nitrogen and oxygen atoms in total. The molecular formula is C5H6Cl2O2. The highest BCUT2D eigenvalue weighted by molar-refractivity contribution is 6.39. The molecule has 0 spiro atoms. The number of carbonyl (C=O) groups excluding carboxylic acids is 2. The Hall–Kier alpha value is -0.0800. The summed E-state index contributed by atoms with van der Waals surface area (Å²) in [6, 6.07) is 0. The van der Waals surface area contributed by atoms with Gasteiger partial charge in [-0.15, -0.1) is 23.2 Å². The normalized spacial score (nSPS) is 12.7. The van der Waals surface area contributed by atoms with Gasteiger partial charge in [-0.25, -0.2) is 0 Å². The molecule has 1 atom stereocenters. The largest absolute Gasteiger partial charge is 0.301 e. The van der Waals surface area contributed by atoms with E-state index in [2.05, 4.69) is 0 Å². The first-order chi connectivity index (χ1) is 4.22. The molecule has 0 bridgehead atoms. The smallest absolute Gasteiger partial charge is 0.159 e. The molecule has 0 fully saturated rings. The van der Waals surface area contributed by atoms with Gasteiger partial charge in [0, 0.05) is 12.3 Å². The van der Waals surface area contributed by atoms with Crippen LogP contribution in [0.4, 0.5) is 0 Å². The maximum Gasteiger partial charge on any atom is 0.159 e. The lowest BCUT2D eigenvalue weighted by atomic mass is 10.2. The Labute approximate surface area is 63.1 Å². The van der Waals surface area contributed by atoms with Gasteiger partial charge in [-0.1, -0.05) is 0 Å². The van der Waals surface area contributed by atoms with E-state index in [4.69, 9.17) is 23.2 Å². The summed E-state index contributed by atoms with van der Waals surface area (Å²) < 4.78 is 0. The topological polar surface area (TPSA) is 34.1 Å². The third kappa shape index (κ3) is 3.49. The van der Waals surface area contributed by atoms with Crippen LogP contribution < -0.4 is 0 Å². The number of rotatable bonds is 4. The lowest BCUT2D eigenvalue weighted by molar-refractivity contribution is -0.121. The van der Waals surface area contributed by atoms with Crippen LogP contribution in [0, 0.1) is 0 Å². The lowest BCUT2D eigenvalue weighted by Crippen LogP contribution is -2.15. The molecule has 4 heteroatoms. The molecule has 0 saturated heterocycles. The van der Waals surface area contributed by atoms with Crippen molar-refractivity contribution in [3.63, 3.8) is 0 Å². The average Bonchev–Trinajstić information content (AvgIpc) is 1.87. The van der Waals surface area contributed by atoms with Crippen molar-refractivity contribution in [3.8, 4) is 0 Å². The molecule has 0 radical (unpaired) electrons. The van der Waals surface area contributed by atoms with Crippen molar-refractivity contribution in [2.75, 3.05) is 5.88 Å². The van der Waals surface area contributed by atoms with Crippen LogP contribution in [0.1, 0.15) is 6.42 Å². The van der Waals surface area contributed by atoms with Crippen LogP contribution in [0.5, 0.6) is 0 Å². The van der Waals surface area contributed by atoms with E-state index in [1.165, 1.54) is 0 Å². The van der Waals surface area contributed by atoms with Gasteiger partial charge >= 0.3 is 0 Å². The van der Waals surface area contributed by atoms with E-state index in [1.807, 2.05) is 0 Å². The zero-order valence-corrected chi connectivity index (χ0v) is 6.15. The maximum absolute atomic E-state index is 10.5. The molecule has 1 unspecified atom stereocenters. The number of ketones is 1. The zero-order chi connectivity index (χ0) is 7.28. The summed E-state index contributed by atoms with van der Waals surface area (Å²) in [5, 5.41) is -1.01. The minimum atomic E-state index is -1.01. The van der Waals surface area contributed by atoms with Gasteiger partial charge in [0.2, 0.25) is 0 Å². The Bertz CT molecular complexity index is 114. The van der Waals surface area contributed by atoms with Crippen LogP contribution in [-0.2, 0) is 9.59 Å². The van der Waals surface area contributed by atoms with Gasteiger partial charge in [0.15, 0.2) is 5.78 Å². The monoisotopic (exact) mass is 168 g/mol. The van der Waals surface area contributed by atoms with E-state index in [9.17, 15) is 9.59 Å². The highest BCUT2D eigenvalue weighted by Crippen LogP contribution is 1.98. The first-order valence-electron chi connectivity index (χ1n) is 2.40. The Morgan fingerprint density at radius 1 is 1.67 bits per heavy atom. The van der Waals surface area contributed by atoms with Crippen LogP contribution in [0.15, 0.2) is 0 Å². The van der Waals surface area contributed by atoms with E-state index in [-0.39, 0.29) is 18.1 Å². The molecule has 0 aliphatic rings. The standard InChI is InChI=1S/C5H6Cl2O2/c6-2-1-5(9)4(7)3-8/h3-4H,1-2H2. The summed E-state index contributed by atoms with van der Waals surface area (Å²) in [5.74, 6) is -0.0998. The van der Waals surface area contributed by atoms with Crippen molar-refractivity contribution in [1.82, 2.24) is 0 Å². The third-order valence-electron chi connectivity index (χ3n) is 0.768. The SMILES string of the molecule is O=CC(Cl)C(=O)CCCl. The van der Waals surface area contributed by atoms with E-state index in [0.717, 1.165) is 0 Å². The van der Waals surface area contributed by atoms with Gasteiger partial charge in [-0.2, -0.15) is 0 Å². The lowest BCUT2D eigenvalue weighted by Gasteiger charge is -1.94. The number of alkyl halides is 2. The summed E-state index contributed by atoms with van der Waals surface area (Å²) in [7, 11) is 0. The van der Waals surface area contributed by atoms with Crippen molar-refractivity contribution < 1.29 is 9.59 Å². The molecule has 0 N–H and O–H groups in total. The summed E-state index contributed by atoms with van der Waals surface area (Å²) in [6.45, 7) is 0. The first kappa shape index (κ1) is 8.92. The minimum absolute atomic E-state index is 0.161. The Morgan fingerprint density at radius 3 is 2.56 bits per heavy atom. The number of aldehydes is 1. The number of hydrogen-bond donors (Lipinski definition) is 0. The van der Waals surface area contributed by atoms with Crippen LogP contribution in [0.2, 0.25) is 0 Å². The summed E-state index contributed by atoms with van der Waals surface area (Å²) in [6.07, 6.45) is 0.560. The highest BCUT2D eigenvalue weighted by atomic mass is 35.5. The van der Waals surface area contributed by atoms with Crippen molar-refractivity contribution >= 4 is 35.3 Å². The molecule has 0 aromatic heterocycles. The van der Waals surface area contributed by atoms with Crippen LogP contribution in [0.25, 0.3) is 0 Å². The third-order valence-corrected chi connectivity index (χ3v) is 1.30. The van der Waals surface area contributed by atoms with Crippen molar-refractivity contribution in [3.05, 3.63) is 0 Å². The van der Waals surface area contributed by atoms with E-state index >= 15 is 0 Å². The fourth-order valence-corrected chi connectivity index (χ4v) is 0.602. The van der Waals surface area contributed by atoms with Gasteiger partial charge in [-0.3, -0.25) is 4.79 Å².